The number of nitrogens with two attached hydrogens (primary N) is 1. The molecule has 242 valence electrons. The lowest BCUT2D eigenvalue weighted by atomic mass is 9.93. The van der Waals surface area contributed by atoms with E-state index < -0.39 is 67.2 Å². The van der Waals surface area contributed by atoms with Gasteiger partial charge < -0.3 is 55.7 Å². The fourth-order valence-electron chi connectivity index (χ4n) is 4.12. The molecule has 1 aliphatic heterocycles. The van der Waals surface area contributed by atoms with Crippen LogP contribution in [0, 0.1) is 11.8 Å². The summed E-state index contributed by atoms with van der Waals surface area (Å²) >= 11 is 0. The van der Waals surface area contributed by atoms with Crippen LogP contribution in [0.25, 0.3) is 0 Å². The summed E-state index contributed by atoms with van der Waals surface area (Å²) in [6, 6.07) is 3.63. The molecule has 1 fully saturated rings. The Balaban J connectivity index is 2.24. The van der Waals surface area contributed by atoms with Crippen LogP contribution in [0.15, 0.2) is 18.2 Å². The lowest BCUT2D eigenvalue weighted by Crippen LogP contribution is -2.60. The van der Waals surface area contributed by atoms with Gasteiger partial charge in [0.2, 0.25) is 12.2 Å². The van der Waals surface area contributed by atoms with Crippen molar-refractivity contribution in [2.75, 3.05) is 25.5 Å². The zero-order valence-corrected chi connectivity index (χ0v) is 24.7. The molecular weight excluding hydrogens is 570 g/mol. The van der Waals surface area contributed by atoms with Gasteiger partial charge in [-0.1, -0.05) is 26.8 Å². The number of ether oxygens (including phenoxy) is 3. The summed E-state index contributed by atoms with van der Waals surface area (Å²) < 4.78 is 16.5. The maximum absolute atomic E-state index is 13.0. The molecule has 2 amide bonds. The molecule has 1 heterocycles. The molecule has 0 saturated carbocycles. The molecule has 1 aromatic rings. The predicted octanol–water partition coefficient (Wildman–Crippen LogP) is -0.184. The van der Waals surface area contributed by atoms with Crippen molar-refractivity contribution < 1.29 is 58.9 Å². The first kappa shape index (κ1) is 35.9. The number of carboxylic acid groups (broad SMARTS) is 1. The number of hydrogen-bond donors (Lipinski definition) is 7. The number of carbonyl (C=O) groups excluding carboxylic acids is 3. The molecule has 2 rings (SSSR count). The summed E-state index contributed by atoms with van der Waals surface area (Å²) in [6.07, 6.45) is -8.60. The highest BCUT2D eigenvalue weighted by Gasteiger charge is 2.45. The van der Waals surface area contributed by atoms with Crippen molar-refractivity contribution in [3.05, 3.63) is 23.8 Å². The summed E-state index contributed by atoms with van der Waals surface area (Å²) in [7, 11) is 1.45. The van der Waals surface area contributed by atoms with E-state index in [4.69, 9.17) is 25.1 Å². The summed E-state index contributed by atoms with van der Waals surface area (Å²) in [6.45, 7) is 4.37. The number of aliphatic hydroxyl groups is 4. The summed E-state index contributed by atoms with van der Waals surface area (Å²) in [4.78, 5) is 49.7. The lowest BCUT2D eigenvalue weighted by Gasteiger charge is -2.39. The third-order valence-electron chi connectivity index (χ3n) is 7.00. The quantitative estimate of drug-likeness (QED) is 0.136. The second kappa shape index (κ2) is 16.5. The number of hydrogen-bond acceptors (Lipinski definition) is 12. The van der Waals surface area contributed by atoms with Crippen LogP contribution < -0.4 is 15.8 Å². The van der Waals surface area contributed by atoms with E-state index in [1.165, 1.54) is 30.1 Å². The fourth-order valence-corrected chi connectivity index (χ4v) is 4.12. The minimum atomic E-state index is -1.74. The normalized spacial score (nSPS) is 23.3. The second-order valence-corrected chi connectivity index (χ2v) is 10.9. The van der Waals surface area contributed by atoms with E-state index in [0.29, 0.717) is 5.56 Å². The summed E-state index contributed by atoms with van der Waals surface area (Å²) in [5.41, 5.74) is 6.39. The number of nitrogens with zero attached hydrogens (tertiary/aromatic N) is 1. The van der Waals surface area contributed by atoms with Crippen molar-refractivity contribution in [2.45, 2.75) is 83.4 Å². The number of Topliss-reactive ketones (excluding diaryl/α,β-unsaturated/α-hetero) is 1. The molecule has 43 heavy (non-hydrogen) atoms. The largest absolute Gasteiger partial charge is 0.481 e. The Kier molecular flexibility index (Phi) is 13.8. The first-order chi connectivity index (χ1) is 20.2. The molecule has 0 aliphatic carbocycles. The van der Waals surface area contributed by atoms with Gasteiger partial charge in [-0.05, 0) is 30.0 Å². The van der Waals surface area contributed by atoms with Crippen molar-refractivity contribution in [2.24, 2.45) is 17.6 Å². The number of benzene rings is 1. The highest BCUT2D eigenvalue weighted by Crippen LogP contribution is 2.31. The SMILES string of the molecule is CC(C)[C@H](N)C(=O)C[C@@H](C)C(=O)Nc1ccc(COC(=O)N(C)CCCC(=O)O)cc1O[C@@H]1O[C@H](CO)[C@@H](O)[C@H](O)[C@H]1O. The molecule has 1 aliphatic rings. The summed E-state index contributed by atoms with van der Waals surface area (Å²) in [5, 5.41) is 51.7. The predicted molar refractivity (Wildman–Crippen MR) is 151 cm³/mol. The lowest BCUT2D eigenvalue weighted by molar-refractivity contribution is -0.277. The molecule has 0 bridgehead atoms. The highest BCUT2D eigenvalue weighted by atomic mass is 16.7. The molecule has 0 radical (unpaired) electrons. The van der Waals surface area contributed by atoms with Gasteiger partial charge in [0.25, 0.3) is 0 Å². The van der Waals surface area contributed by atoms with Crippen LogP contribution in [0.3, 0.4) is 0 Å². The molecule has 1 aromatic carbocycles. The Bertz CT molecular complexity index is 1110. The Morgan fingerprint density at radius 3 is 2.37 bits per heavy atom. The van der Waals surface area contributed by atoms with Crippen molar-refractivity contribution in [3.63, 3.8) is 0 Å². The number of aliphatic hydroxyl groups excluding tert-OH is 4. The molecule has 7 atom stereocenters. The van der Waals surface area contributed by atoms with Gasteiger partial charge >= 0.3 is 12.1 Å². The number of aliphatic carboxylic acids is 1. The second-order valence-electron chi connectivity index (χ2n) is 10.9. The zero-order valence-electron chi connectivity index (χ0n) is 24.7. The standard InChI is InChI=1S/C28H43N3O12/c1-14(2)22(29)18(33)10-15(3)26(39)30-17-8-7-16(13-41-28(40)31(4)9-5-6-21(34)35)11-19(17)42-27-25(38)24(37)23(36)20(12-32)43-27/h7-8,11,14-15,20,22-25,27,32,36-38H,5-6,9-10,12-13,29H2,1-4H3,(H,30,39)(H,34,35)/t15-,20-,22+,23-,24+,25-,27-/m1/s1. The van der Waals surface area contributed by atoms with Crippen LogP contribution in [0.4, 0.5) is 10.5 Å². The molecule has 0 aromatic heterocycles. The van der Waals surface area contributed by atoms with E-state index >= 15 is 0 Å². The van der Waals surface area contributed by atoms with Gasteiger partial charge in [-0.3, -0.25) is 14.4 Å². The van der Waals surface area contributed by atoms with Gasteiger partial charge in [0.05, 0.1) is 18.3 Å². The highest BCUT2D eigenvalue weighted by molar-refractivity contribution is 5.97. The smallest absolute Gasteiger partial charge is 0.409 e. The molecule has 15 heteroatoms. The van der Waals surface area contributed by atoms with E-state index in [0.717, 1.165) is 0 Å². The Hall–Kier alpha value is -3.34. The van der Waals surface area contributed by atoms with Crippen LogP contribution in [-0.2, 0) is 30.5 Å². The van der Waals surface area contributed by atoms with Gasteiger partial charge in [-0.2, -0.15) is 0 Å². The first-order valence-corrected chi connectivity index (χ1v) is 13.9. The van der Waals surface area contributed by atoms with E-state index in [1.54, 1.807) is 20.8 Å². The van der Waals surface area contributed by atoms with E-state index in [-0.39, 0.29) is 55.6 Å². The molecule has 8 N–H and O–H groups in total. The molecule has 15 nitrogen and oxygen atoms in total. The summed E-state index contributed by atoms with van der Waals surface area (Å²) in [5.74, 6) is -2.74. The van der Waals surface area contributed by atoms with Gasteiger partial charge in [0.15, 0.2) is 5.78 Å². The fraction of sp³-hybridized carbons (Fsp3) is 0.643. The minimum absolute atomic E-state index is 0.0709. The number of nitrogens with one attached hydrogen (secondary N) is 1. The topological polar surface area (TPSA) is 238 Å². The van der Waals surface area contributed by atoms with E-state index in [2.05, 4.69) is 5.32 Å². The maximum Gasteiger partial charge on any atom is 0.409 e. The third-order valence-corrected chi connectivity index (χ3v) is 7.00. The number of carbonyl (C=O) groups is 4. The number of carboxylic acids is 1. The van der Waals surface area contributed by atoms with Crippen molar-refractivity contribution >= 4 is 29.4 Å². The van der Waals surface area contributed by atoms with Gasteiger partial charge in [0, 0.05) is 32.4 Å². The number of ketones is 1. The molecule has 1 saturated heterocycles. The number of rotatable bonds is 15. The third kappa shape index (κ3) is 10.4. The van der Waals surface area contributed by atoms with Crippen LogP contribution in [0.5, 0.6) is 5.75 Å². The van der Waals surface area contributed by atoms with E-state index in [9.17, 15) is 39.6 Å². The Labute approximate surface area is 249 Å². The van der Waals surface area contributed by atoms with Crippen LogP contribution >= 0.6 is 0 Å². The average molecular weight is 614 g/mol. The molecular formula is C28H43N3O12. The van der Waals surface area contributed by atoms with Crippen molar-refractivity contribution in [3.8, 4) is 5.75 Å². The Morgan fingerprint density at radius 2 is 1.77 bits per heavy atom. The van der Waals surface area contributed by atoms with Crippen molar-refractivity contribution in [1.29, 1.82) is 0 Å². The zero-order chi connectivity index (χ0) is 32.4. The van der Waals surface area contributed by atoms with Crippen LogP contribution in [0.1, 0.15) is 45.6 Å². The van der Waals surface area contributed by atoms with Crippen LogP contribution in [-0.4, -0.2) is 111 Å². The molecule has 0 unspecified atom stereocenters. The number of anilines is 1. The average Bonchev–Trinajstić information content (AvgIpc) is 2.96. The van der Waals surface area contributed by atoms with Gasteiger partial charge in [0.1, 0.15) is 36.8 Å². The van der Waals surface area contributed by atoms with Gasteiger partial charge in [-0.15, -0.1) is 0 Å². The Morgan fingerprint density at radius 1 is 1.09 bits per heavy atom. The maximum atomic E-state index is 13.0. The van der Waals surface area contributed by atoms with Gasteiger partial charge in [-0.25, -0.2) is 4.79 Å². The van der Waals surface area contributed by atoms with Crippen LogP contribution in [0.2, 0.25) is 0 Å². The van der Waals surface area contributed by atoms with E-state index in [1.807, 2.05) is 0 Å². The monoisotopic (exact) mass is 613 g/mol. The number of amides is 2. The molecule has 0 spiro atoms. The van der Waals surface area contributed by atoms with Crippen molar-refractivity contribution in [1.82, 2.24) is 4.90 Å². The first-order valence-electron chi connectivity index (χ1n) is 13.9. The minimum Gasteiger partial charge on any atom is -0.481 e.